The summed E-state index contributed by atoms with van der Waals surface area (Å²) in [7, 11) is 0. The van der Waals surface area contributed by atoms with Crippen LogP contribution in [0.5, 0.6) is 0 Å². The zero-order valence-corrected chi connectivity index (χ0v) is 8.35. The zero-order chi connectivity index (χ0) is 13.0. The molecule has 0 spiro atoms. The van der Waals surface area contributed by atoms with Crippen LogP contribution in [0.25, 0.3) is 0 Å². The van der Waals surface area contributed by atoms with Crippen molar-refractivity contribution >= 4 is 0 Å². The van der Waals surface area contributed by atoms with Crippen molar-refractivity contribution in [3.63, 3.8) is 0 Å². The molecule has 0 heterocycles. The van der Waals surface area contributed by atoms with E-state index < -0.39 is 31.1 Å². The summed E-state index contributed by atoms with van der Waals surface area (Å²) in [6.45, 7) is 2.57. The molecule has 0 amide bonds. The molecule has 0 aliphatic rings. The van der Waals surface area contributed by atoms with Crippen molar-refractivity contribution in [1.82, 2.24) is 0 Å². The minimum Gasteiger partial charge on any atom is -0.476 e. The maximum atomic E-state index is 12.9. The van der Waals surface area contributed by atoms with Crippen molar-refractivity contribution in [3.05, 3.63) is 12.8 Å². The van der Waals surface area contributed by atoms with E-state index in [0.717, 1.165) is 6.92 Å². The Kier molecular flexibility index (Phi) is 4.68. The maximum absolute atomic E-state index is 12.9. The van der Waals surface area contributed by atoms with Gasteiger partial charge >= 0.3 is 17.9 Å². The number of ether oxygens (including phenoxy) is 2. The quantitative estimate of drug-likeness (QED) is 0.340. The van der Waals surface area contributed by atoms with E-state index in [4.69, 9.17) is 5.11 Å². The van der Waals surface area contributed by atoms with E-state index in [0.29, 0.717) is 6.26 Å². The first-order valence-corrected chi connectivity index (χ1v) is 4.15. The van der Waals surface area contributed by atoms with E-state index in [9.17, 15) is 22.0 Å². The van der Waals surface area contributed by atoms with Gasteiger partial charge in [-0.3, -0.25) is 0 Å². The van der Waals surface area contributed by atoms with Crippen LogP contribution in [0.3, 0.4) is 0 Å². The Morgan fingerprint density at radius 1 is 1.25 bits per heavy atom. The predicted molar refractivity (Wildman–Crippen MR) is 43.5 cm³/mol. The molecule has 1 atom stereocenters. The molecule has 96 valence electrons. The molecule has 0 aromatic heterocycles. The van der Waals surface area contributed by atoms with Crippen LogP contribution in [0.4, 0.5) is 22.0 Å². The van der Waals surface area contributed by atoms with Crippen LogP contribution < -0.4 is 0 Å². The Bertz CT molecular complexity index is 240. The van der Waals surface area contributed by atoms with Gasteiger partial charge < -0.3 is 14.6 Å². The van der Waals surface area contributed by atoms with Crippen molar-refractivity contribution in [2.45, 2.75) is 31.2 Å². The minimum absolute atomic E-state index is 0.695. The first kappa shape index (κ1) is 15.1. The predicted octanol–water partition coefficient (Wildman–Crippen LogP) is 2.42. The third-order valence-electron chi connectivity index (χ3n) is 1.78. The second-order valence-corrected chi connectivity index (χ2v) is 2.80. The van der Waals surface area contributed by atoms with Crippen LogP contribution >= 0.6 is 0 Å². The van der Waals surface area contributed by atoms with Gasteiger partial charge in [-0.1, -0.05) is 13.5 Å². The van der Waals surface area contributed by atoms with E-state index in [1.54, 1.807) is 0 Å². The molecule has 0 radical (unpaired) electrons. The number of hydrogen-bond donors (Lipinski definition) is 1. The SMILES string of the molecule is C=COCOC(O)(C(F)(F)F)C(F)(F)CC. The molecule has 1 N–H and O–H groups in total. The lowest BCUT2D eigenvalue weighted by Gasteiger charge is -2.35. The topological polar surface area (TPSA) is 38.7 Å². The molecule has 8 heteroatoms. The van der Waals surface area contributed by atoms with Crippen molar-refractivity contribution in [2.24, 2.45) is 0 Å². The molecule has 0 aromatic rings. The molecule has 0 aliphatic heterocycles. The van der Waals surface area contributed by atoms with Gasteiger partial charge in [0.05, 0.1) is 6.26 Å². The highest BCUT2D eigenvalue weighted by atomic mass is 19.4. The van der Waals surface area contributed by atoms with Crippen LogP contribution in [0.15, 0.2) is 12.8 Å². The number of aliphatic hydroxyl groups is 1. The van der Waals surface area contributed by atoms with Crippen molar-refractivity contribution in [3.8, 4) is 0 Å². The van der Waals surface area contributed by atoms with Gasteiger partial charge in [0.25, 0.3) is 0 Å². The summed E-state index contributed by atoms with van der Waals surface area (Å²) in [5.74, 6) is -9.05. The molecular formula is C8H11F5O3. The summed E-state index contributed by atoms with van der Waals surface area (Å²) in [5, 5.41) is 8.89. The Morgan fingerprint density at radius 2 is 1.75 bits per heavy atom. The average Bonchev–Trinajstić information content (AvgIpc) is 2.16. The first-order chi connectivity index (χ1) is 7.12. The fraction of sp³-hybridized carbons (Fsp3) is 0.750. The van der Waals surface area contributed by atoms with Crippen molar-refractivity contribution < 1.29 is 36.5 Å². The fourth-order valence-electron chi connectivity index (χ4n) is 0.802. The number of halogens is 5. The number of alkyl halides is 5. The minimum atomic E-state index is -5.64. The van der Waals surface area contributed by atoms with Gasteiger partial charge in [-0.2, -0.15) is 13.2 Å². The van der Waals surface area contributed by atoms with E-state index >= 15 is 0 Å². The van der Waals surface area contributed by atoms with Gasteiger partial charge in [0.1, 0.15) is 0 Å². The highest BCUT2D eigenvalue weighted by Crippen LogP contribution is 2.44. The second kappa shape index (κ2) is 4.96. The normalized spacial score (nSPS) is 16.7. The molecular weight excluding hydrogens is 239 g/mol. The van der Waals surface area contributed by atoms with Gasteiger partial charge in [-0.25, -0.2) is 8.78 Å². The number of rotatable bonds is 6. The van der Waals surface area contributed by atoms with Crippen LogP contribution in [0.2, 0.25) is 0 Å². The van der Waals surface area contributed by atoms with Gasteiger partial charge in [-0.15, -0.1) is 0 Å². The van der Waals surface area contributed by atoms with Gasteiger partial charge in [0.15, 0.2) is 6.79 Å². The summed E-state index contributed by atoms with van der Waals surface area (Å²) in [4.78, 5) is 0. The van der Waals surface area contributed by atoms with Crippen molar-refractivity contribution in [2.75, 3.05) is 6.79 Å². The van der Waals surface area contributed by atoms with Crippen LogP contribution in [0.1, 0.15) is 13.3 Å². The summed E-state index contributed by atoms with van der Waals surface area (Å²) >= 11 is 0. The van der Waals surface area contributed by atoms with Crippen LogP contribution in [-0.2, 0) is 9.47 Å². The molecule has 0 bridgehead atoms. The zero-order valence-electron chi connectivity index (χ0n) is 8.35. The third-order valence-corrected chi connectivity index (χ3v) is 1.78. The van der Waals surface area contributed by atoms with Crippen LogP contribution in [-0.4, -0.2) is 29.8 Å². The summed E-state index contributed by atoms with van der Waals surface area (Å²) in [6, 6.07) is 0. The third kappa shape index (κ3) is 2.82. The Morgan fingerprint density at radius 3 is 2.06 bits per heavy atom. The van der Waals surface area contributed by atoms with E-state index in [-0.39, 0.29) is 0 Å². The Hall–Kier alpha value is -0.890. The largest absolute Gasteiger partial charge is 0.476 e. The standard InChI is InChI=1S/C8H11F5O3/c1-3-6(9,10)7(14,8(11,12)13)16-5-15-4-2/h4,14H,2-3,5H2,1H3. The fourth-order valence-corrected chi connectivity index (χ4v) is 0.802. The molecule has 16 heavy (non-hydrogen) atoms. The second-order valence-electron chi connectivity index (χ2n) is 2.80. The first-order valence-electron chi connectivity index (χ1n) is 4.15. The summed E-state index contributed by atoms with van der Waals surface area (Å²) in [5.41, 5.74) is 0. The molecule has 3 nitrogen and oxygen atoms in total. The molecule has 1 unspecified atom stereocenters. The van der Waals surface area contributed by atoms with E-state index in [1.165, 1.54) is 0 Å². The van der Waals surface area contributed by atoms with Crippen LogP contribution in [0, 0.1) is 0 Å². The van der Waals surface area contributed by atoms with Gasteiger partial charge in [0.2, 0.25) is 0 Å². The Labute approximate surface area is 88.5 Å². The van der Waals surface area contributed by atoms with E-state index in [1.807, 2.05) is 0 Å². The van der Waals surface area contributed by atoms with Gasteiger partial charge in [0, 0.05) is 6.42 Å². The highest BCUT2D eigenvalue weighted by Gasteiger charge is 2.70. The monoisotopic (exact) mass is 250 g/mol. The molecule has 0 saturated heterocycles. The number of hydrogen-bond acceptors (Lipinski definition) is 3. The molecule has 0 saturated carbocycles. The lowest BCUT2D eigenvalue weighted by atomic mass is 10.1. The molecule has 0 fully saturated rings. The lowest BCUT2D eigenvalue weighted by molar-refractivity contribution is -0.439. The van der Waals surface area contributed by atoms with Crippen molar-refractivity contribution in [1.29, 1.82) is 0 Å². The molecule has 0 rings (SSSR count). The van der Waals surface area contributed by atoms with Gasteiger partial charge in [-0.05, 0) is 0 Å². The summed E-state index contributed by atoms with van der Waals surface area (Å²) < 4.78 is 70.5. The lowest BCUT2D eigenvalue weighted by Crippen LogP contribution is -2.60. The summed E-state index contributed by atoms with van der Waals surface area (Å²) in [6.07, 6.45) is -6.19. The highest BCUT2D eigenvalue weighted by molar-refractivity contribution is 4.90. The molecule has 0 aliphatic carbocycles. The average molecular weight is 250 g/mol. The maximum Gasteiger partial charge on any atom is 0.449 e. The smallest absolute Gasteiger partial charge is 0.449 e. The molecule has 0 aromatic carbocycles. The Balaban J connectivity index is 4.97. The van der Waals surface area contributed by atoms with E-state index in [2.05, 4.69) is 16.1 Å².